The molecule has 17 heavy (non-hydrogen) atoms. The highest BCUT2D eigenvalue weighted by Gasteiger charge is 2.01. The highest BCUT2D eigenvalue weighted by Crippen LogP contribution is 2.16. The van der Waals surface area contributed by atoms with Crippen LogP contribution >= 0.6 is 0 Å². The molecule has 4 heteroatoms. The lowest BCUT2D eigenvalue weighted by Crippen LogP contribution is -1.96. The first kappa shape index (κ1) is 11.1. The third-order valence-corrected chi connectivity index (χ3v) is 2.36. The van der Waals surface area contributed by atoms with Crippen molar-refractivity contribution in [2.45, 2.75) is 6.92 Å². The Labute approximate surface area is 96.8 Å². The van der Waals surface area contributed by atoms with Crippen LogP contribution < -0.4 is 5.63 Å². The predicted octanol–water partition coefficient (Wildman–Crippen LogP) is 2.28. The van der Waals surface area contributed by atoms with Crippen LogP contribution in [-0.4, -0.2) is 11.1 Å². The molecule has 1 aromatic heterocycles. The van der Waals surface area contributed by atoms with E-state index in [0.29, 0.717) is 5.58 Å². The van der Waals surface area contributed by atoms with Crippen molar-refractivity contribution in [3.63, 3.8) is 0 Å². The van der Waals surface area contributed by atoms with Gasteiger partial charge in [-0.3, -0.25) is 0 Å². The van der Waals surface area contributed by atoms with E-state index in [-0.39, 0.29) is 5.57 Å². The van der Waals surface area contributed by atoms with Crippen molar-refractivity contribution in [1.29, 1.82) is 0 Å². The van der Waals surface area contributed by atoms with Crippen molar-refractivity contribution < 1.29 is 14.3 Å². The number of benzene rings is 1. The summed E-state index contributed by atoms with van der Waals surface area (Å²) in [7, 11) is 0. The molecule has 0 spiro atoms. The molecule has 0 unspecified atom stereocenters. The summed E-state index contributed by atoms with van der Waals surface area (Å²) in [5.74, 6) is -0.954. The number of aliphatic carboxylic acids is 1. The SMILES string of the molecule is C/C(=C\c1ccc2oc(=O)ccc2c1)C(=O)O. The second-order valence-electron chi connectivity index (χ2n) is 3.68. The van der Waals surface area contributed by atoms with Gasteiger partial charge >= 0.3 is 11.6 Å². The summed E-state index contributed by atoms with van der Waals surface area (Å²) in [6, 6.07) is 8.11. The average molecular weight is 230 g/mol. The Hall–Kier alpha value is -2.36. The Bertz CT molecular complexity index is 664. The van der Waals surface area contributed by atoms with Gasteiger partial charge in [-0.15, -0.1) is 0 Å². The van der Waals surface area contributed by atoms with Crippen LogP contribution in [0.3, 0.4) is 0 Å². The second-order valence-corrected chi connectivity index (χ2v) is 3.68. The van der Waals surface area contributed by atoms with Gasteiger partial charge in [0.2, 0.25) is 0 Å². The molecule has 0 aliphatic rings. The van der Waals surface area contributed by atoms with Crippen LogP contribution in [0.4, 0.5) is 0 Å². The molecule has 1 aromatic carbocycles. The highest BCUT2D eigenvalue weighted by molar-refractivity contribution is 5.92. The molecule has 0 saturated heterocycles. The summed E-state index contributed by atoms with van der Waals surface area (Å²) < 4.78 is 4.98. The molecule has 0 aliphatic heterocycles. The Balaban J connectivity index is 2.52. The van der Waals surface area contributed by atoms with E-state index in [4.69, 9.17) is 9.52 Å². The van der Waals surface area contributed by atoms with E-state index in [1.54, 1.807) is 30.3 Å². The van der Waals surface area contributed by atoms with Gasteiger partial charge in [0, 0.05) is 17.0 Å². The monoisotopic (exact) mass is 230 g/mol. The summed E-state index contributed by atoms with van der Waals surface area (Å²) in [6.07, 6.45) is 1.56. The maximum absolute atomic E-state index is 11.0. The number of fused-ring (bicyclic) bond motifs is 1. The number of carboxylic acid groups (broad SMARTS) is 1. The molecule has 0 aliphatic carbocycles. The Morgan fingerprint density at radius 1 is 1.29 bits per heavy atom. The molecule has 0 radical (unpaired) electrons. The maximum atomic E-state index is 11.0. The summed E-state index contributed by atoms with van der Waals surface area (Å²) in [5, 5.41) is 9.53. The Morgan fingerprint density at radius 3 is 2.76 bits per heavy atom. The fourth-order valence-electron chi connectivity index (χ4n) is 1.49. The van der Waals surface area contributed by atoms with Crippen LogP contribution in [0.25, 0.3) is 17.0 Å². The summed E-state index contributed by atoms with van der Waals surface area (Å²) in [6.45, 7) is 1.53. The molecule has 0 fully saturated rings. The van der Waals surface area contributed by atoms with Crippen molar-refractivity contribution in [3.05, 3.63) is 51.9 Å². The third-order valence-electron chi connectivity index (χ3n) is 2.36. The molecule has 2 aromatic rings. The zero-order chi connectivity index (χ0) is 12.4. The summed E-state index contributed by atoms with van der Waals surface area (Å²) in [4.78, 5) is 21.7. The van der Waals surface area contributed by atoms with Crippen LogP contribution in [0, 0.1) is 0 Å². The van der Waals surface area contributed by atoms with Gasteiger partial charge in [-0.25, -0.2) is 9.59 Å². The first-order valence-electron chi connectivity index (χ1n) is 5.02. The van der Waals surface area contributed by atoms with Crippen LogP contribution in [0.2, 0.25) is 0 Å². The van der Waals surface area contributed by atoms with Crippen molar-refractivity contribution in [1.82, 2.24) is 0 Å². The molecule has 4 nitrogen and oxygen atoms in total. The molecule has 0 amide bonds. The standard InChI is InChI=1S/C13H10O4/c1-8(13(15)16)6-9-2-4-11-10(7-9)3-5-12(14)17-11/h2-7H,1H3,(H,15,16)/b8-6+. The smallest absolute Gasteiger partial charge is 0.336 e. The van der Waals surface area contributed by atoms with Gasteiger partial charge in [-0.05, 0) is 36.8 Å². The van der Waals surface area contributed by atoms with Crippen molar-refractivity contribution in [2.75, 3.05) is 0 Å². The number of hydrogen-bond acceptors (Lipinski definition) is 3. The second kappa shape index (κ2) is 4.25. The Morgan fingerprint density at radius 2 is 2.06 bits per heavy atom. The zero-order valence-corrected chi connectivity index (χ0v) is 9.14. The van der Waals surface area contributed by atoms with E-state index in [2.05, 4.69) is 0 Å². The molecule has 1 N–H and O–H groups in total. The van der Waals surface area contributed by atoms with Gasteiger partial charge in [0.1, 0.15) is 5.58 Å². The van der Waals surface area contributed by atoms with Gasteiger partial charge < -0.3 is 9.52 Å². The maximum Gasteiger partial charge on any atom is 0.336 e. The van der Waals surface area contributed by atoms with Crippen LogP contribution in [-0.2, 0) is 4.79 Å². The van der Waals surface area contributed by atoms with Gasteiger partial charge in [0.15, 0.2) is 0 Å². The molecule has 0 bridgehead atoms. The van der Waals surface area contributed by atoms with E-state index in [1.807, 2.05) is 0 Å². The number of carboxylic acids is 1. The van der Waals surface area contributed by atoms with Gasteiger partial charge in [-0.2, -0.15) is 0 Å². The fourth-order valence-corrected chi connectivity index (χ4v) is 1.49. The summed E-state index contributed by atoms with van der Waals surface area (Å²) >= 11 is 0. The van der Waals surface area contributed by atoms with Gasteiger partial charge in [0.25, 0.3) is 0 Å². The average Bonchev–Trinajstić information content (AvgIpc) is 2.29. The minimum Gasteiger partial charge on any atom is -0.478 e. The number of hydrogen-bond donors (Lipinski definition) is 1. The lowest BCUT2D eigenvalue weighted by molar-refractivity contribution is -0.132. The van der Waals surface area contributed by atoms with Crippen molar-refractivity contribution >= 4 is 23.0 Å². The van der Waals surface area contributed by atoms with Crippen molar-refractivity contribution in [2.24, 2.45) is 0 Å². The van der Waals surface area contributed by atoms with Crippen LogP contribution in [0.15, 0.2) is 45.1 Å². The molecule has 86 valence electrons. The fraction of sp³-hybridized carbons (Fsp3) is 0.0769. The number of carbonyl (C=O) groups is 1. The lowest BCUT2D eigenvalue weighted by Gasteiger charge is -1.99. The van der Waals surface area contributed by atoms with E-state index in [0.717, 1.165) is 10.9 Å². The molecular weight excluding hydrogens is 220 g/mol. The third kappa shape index (κ3) is 2.42. The zero-order valence-electron chi connectivity index (χ0n) is 9.14. The lowest BCUT2D eigenvalue weighted by atomic mass is 10.1. The quantitative estimate of drug-likeness (QED) is 0.634. The molecule has 0 saturated carbocycles. The first-order valence-corrected chi connectivity index (χ1v) is 5.02. The first-order chi connectivity index (χ1) is 8.06. The van der Waals surface area contributed by atoms with E-state index in [9.17, 15) is 9.59 Å². The normalized spacial score (nSPS) is 11.7. The molecular formula is C13H10O4. The minimum atomic E-state index is -0.954. The largest absolute Gasteiger partial charge is 0.478 e. The molecule has 1 heterocycles. The highest BCUT2D eigenvalue weighted by atomic mass is 16.4. The molecule has 2 rings (SSSR count). The number of rotatable bonds is 2. The van der Waals surface area contributed by atoms with E-state index < -0.39 is 11.6 Å². The van der Waals surface area contributed by atoms with Crippen molar-refractivity contribution in [3.8, 4) is 0 Å². The van der Waals surface area contributed by atoms with Gasteiger partial charge in [0.05, 0.1) is 0 Å². The van der Waals surface area contributed by atoms with E-state index >= 15 is 0 Å². The topological polar surface area (TPSA) is 67.5 Å². The van der Waals surface area contributed by atoms with Gasteiger partial charge in [-0.1, -0.05) is 6.07 Å². The molecule has 0 atom stereocenters. The predicted molar refractivity (Wildman–Crippen MR) is 63.8 cm³/mol. The van der Waals surface area contributed by atoms with E-state index in [1.165, 1.54) is 13.0 Å². The van der Waals surface area contributed by atoms with Crippen LogP contribution in [0.5, 0.6) is 0 Å². The minimum absolute atomic E-state index is 0.252. The van der Waals surface area contributed by atoms with Crippen LogP contribution in [0.1, 0.15) is 12.5 Å². The Kier molecular flexibility index (Phi) is 2.78. The summed E-state index contributed by atoms with van der Waals surface area (Å²) in [5.41, 5.74) is 1.10.